The number of rotatable bonds is 8. The monoisotopic (exact) mass is 476 g/mol. The molecule has 0 spiro atoms. The van der Waals surface area contributed by atoms with Crippen LogP contribution < -0.4 is 14.8 Å². The number of anilines is 1. The van der Waals surface area contributed by atoms with Gasteiger partial charge in [-0.2, -0.15) is 0 Å². The van der Waals surface area contributed by atoms with Gasteiger partial charge in [0, 0.05) is 22.6 Å². The van der Waals surface area contributed by atoms with E-state index in [0.717, 1.165) is 15.9 Å². The van der Waals surface area contributed by atoms with Crippen LogP contribution in [0.3, 0.4) is 0 Å². The van der Waals surface area contributed by atoms with Crippen LogP contribution in [0.2, 0.25) is 0 Å². The predicted octanol–water partition coefficient (Wildman–Crippen LogP) is 4.48. The Hall–Kier alpha value is -2.52. The zero-order valence-corrected chi connectivity index (χ0v) is 18.7. The number of aromatic nitrogens is 3. The van der Waals surface area contributed by atoms with Gasteiger partial charge in [-0.25, -0.2) is 0 Å². The molecule has 3 aromatic rings. The van der Waals surface area contributed by atoms with Gasteiger partial charge < -0.3 is 19.4 Å². The smallest absolute Gasteiger partial charge is 0.234 e. The van der Waals surface area contributed by atoms with Crippen molar-refractivity contribution in [2.45, 2.75) is 18.6 Å². The fraction of sp³-hybridized carbons (Fsp3) is 0.250. The summed E-state index contributed by atoms with van der Waals surface area (Å²) in [6.07, 6.45) is 0. The van der Waals surface area contributed by atoms with Crippen molar-refractivity contribution in [2.75, 3.05) is 25.3 Å². The highest BCUT2D eigenvalue weighted by Crippen LogP contribution is 2.30. The van der Waals surface area contributed by atoms with Crippen LogP contribution in [0.1, 0.15) is 6.92 Å². The van der Waals surface area contributed by atoms with E-state index >= 15 is 0 Å². The average Bonchev–Trinajstić information content (AvgIpc) is 3.15. The van der Waals surface area contributed by atoms with Crippen molar-refractivity contribution in [1.29, 1.82) is 0 Å². The molecule has 29 heavy (non-hydrogen) atoms. The minimum absolute atomic E-state index is 0.169. The van der Waals surface area contributed by atoms with Gasteiger partial charge in [-0.3, -0.25) is 4.79 Å². The molecule has 0 aliphatic rings. The molecule has 1 N–H and O–H groups in total. The standard InChI is InChI=1S/C20H21BrN4O3S/c1-4-25-19(13-5-7-14(21)8-6-13)23-24-20(25)29-12-18(26)22-16-11-15(27-2)9-10-17(16)28-3/h5-11H,4,12H2,1-3H3,(H,22,26). The number of carbonyl (C=O) groups excluding carboxylic acids is 1. The number of halogens is 1. The fourth-order valence-electron chi connectivity index (χ4n) is 2.72. The van der Waals surface area contributed by atoms with E-state index in [-0.39, 0.29) is 11.7 Å². The first-order valence-corrected chi connectivity index (χ1v) is 10.7. The van der Waals surface area contributed by atoms with Crippen molar-refractivity contribution in [3.63, 3.8) is 0 Å². The van der Waals surface area contributed by atoms with E-state index in [1.54, 1.807) is 32.4 Å². The lowest BCUT2D eigenvalue weighted by Crippen LogP contribution is -2.15. The third-order valence-electron chi connectivity index (χ3n) is 4.15. The zero-order chi connectivity index (χ0) is 20.8. The fourth-order valence-corrected chi connectivity index (χ4v) is 3.79. The molecule has 0 radical (unpaired) electrons. The van der Waals surface area contributed by atoms with E-state index in [9.17, 15) is 4.79 Å². The van der Waals surface area contributed by atoms with Crippen LogP contribution in [0, 0.1) is 0 Å². The van der Waals surface area contributed by atoms with Gasteiger partial charge in [-0.15, -0.1) is 10.2 Å². The van der Waals surface area contributed by atoms with E-state index in [1.165, 1.54) is 11.8 Å². The maximum Gasteiger partial charge on any atom is 0.234 e. The maximum atomic E-state index is 12.5. The first-order chi connectivity index (χ1) is 14.0. The van der Waals surface area contributed by atoms with Crippen LogP contribution in [0.4, 0.5) is 5.69 Å². The number of benzene rings is 2. The van der Waals surface area contributed by atoms with E-state index < -0.39 is 0 Å². The Morgan fingerprint density at radius 1 is 1.14 bits per heavy atom. The van der Waals surface area contributed by atoms with Crippen LogP contribution >= 0.6 is 27.7 Å². The minimum Gasteiger partial charge on any atom is -0.497 e. The molecule has 0 atom stereocenters. The van der Waals surface area contributed by atoms with Crippen LogP contribution in [-0.2, 0) is 11.3 Å². The molecule has 0 fully saturated rings. The van der Waals surface area contributed by atoms with E-state index in [2.05, 4.69) is 31.4 Å². The highest BCUT2D eigenvalue weighted by atomic mass is 79.9. The Labute approximate surface area is 181 Å². The van der Waals surface area contributed by atoms with Crippen LogP contribution in [0.15, 0.2) is 52.1 Å². The van der Waals surface area contributed by atoms with Crippen molar-refractivity contribution in [1.82, 2.24) is 14.8 Å². The number of nitrogens with zero attached hydrogens (tertiary/aromatic N) is 3. The van der Waals surface area contributed by atoms with Crippen molar-refractivity contribution in [3.8, 4) is 22.9 Å². The number of hydrogen-bond donors (Lipinski definition) is 1. The van der Waals surface area contributed by atoms with E-state index in [4.69, 9.17) is 9.47 Å². The zero-order valence-electron chi connectivity index (χ0n) is 16.3. The Balaban J connectivity index is 1.70. The quantitative estimate of drug-likeness (QED) is 0.483. The highest BCUT2D eigenvalue weighted by Gasteiger charge is 2.15. The summed E-state index contributed by atoms with van der Waals surface area (Å²) in [6, 6.07) is 13.1. The summed E-state index contributed by atoms with van der Waals surface area (Å²) in [6.45, 7) is 2.73. The molecular weight excluding hydrogens is 456 g/mol. The number of nitrogens with one attached hydrogen (secondary N) is 1. The largest absolute Gasteiger partial charge is 0.497 e. The Morgan fingerprint density at radius 2 is 1.90 bits per heavy atom. The summed E-state index contributed by atoms with van der Waals surface area (Å²) in [5, 5.41) is 12.1. The van der Waals surface area contributed by atoms with Crippen molar-refractivity contribution < 1.29 is 14.3 Å². The van der Waals surface area contributed by atoms with Gasteiger partial charge in [0.05, 0.1) is 25.7 Å². The summed E-state index contributed by atoms with van der Waals surface area (Å²) in [4.78, 5) is 12.5. The second-order valence-electron chi connectivity index (χ2n) is 5.96. The Morgan fingerprint density at radius 3 is 2.55 bits per heavy atom. The molecule has 1 amide bonds. The van der Waals surface area contributed by atoms with Crippen molar-refractivity contribution in [3.05, 3.63) is 46.9 Å². The first-order valence-electron chi connectivity index (χ1n) is 8.89. The van der Waals surface area contributed by atoms with Crippen LogP contribution in [0.25, 0.3) is 11.4 Å². The molecule has 0 unspecified atom stereocenters. The van der Waals surface area contributed by atoms with Gasteiger partial charge in [0.1, 0.15) is 11.5 Å². The third kappa shape index (κ3) is 5.10. The summed E-state index contributed by atoms with van der Waals surface area (Å²) >= 11 is 4.77. The maximum absolute atomic E-state index is 12.5. The number of amides is 1. The molecule has 9 heteroatoms. The summed E-state index contributed by atoms with van der Waals surface area (Å²) in [7, 11) is 3.13. The molecule has 7 nitrogen and oxygen atoms in total. The van der Waals surface area contributed by atoms with E-state index in [0.29, 0.717) is 28.9 Å². The van der Waals surface area contributed by atoms with E-state index in [1.807, 2.05) is 35.8 Å². The summed E-state index contributed by atoms with van der Waals surface area (Å²) in [5.74, 6) is 2.01. The SMILES string of the molecule is CCn1c(SCC(=O)Nc2cc(OC)ccc2OC)nnc1-c1ccc(Br)cc1. The average molecular weight is 477 g/mol. The third-order valence-corrected chi connectivity index (χ3v) is 5.64. The lowest BCUT2D eigenvalue weighted by atomic mass is 10.2. The lowest BCUT2D eigenvalue weighted by Gasteiger charge is -2.12. The van der Waals surface area contributed by atoms with Gasteiger partial charge in [-0.1, -0.05) is 39.8 Å². The molecule has 1 heterocycles. The number of methoxy groups -OCH3 is 2. The van der Waals surface area contributed by atoms with Gasteiger partial charge in [-0.05, 0) is 31.2 Å². The first kappa shape index (κ1) is 21.2. The molecule has 0 aliphatic heterocycles. The molecular formula is C20H21BrN4O3S. The molecule has 3 rings (SSSR count). The summed E-state index contributed by atoms with van der Waals surface area (Å²) < 4.78 is 13.5. The lowest BCUT2D eigenvalue weighted by molar-refractivity contribution is -0.113. The van der Waals surface area contributed by atoms with Crippen molar-refractivity contribution >= 4 is 39.3 Å². The number of carbonyl (C=O) groups is 1. The van der Waals surface area contributed by atoms with Crippen LogP contribution in [0.5, 0.6) is 11.5 Å². The molecule has 2 aromatic carbocycles. The topological polar surface area (TPSA) is 78.3 Å². The number of ether oxygens (including phenoxy) is 2. The Kier molecular flexibility index (Phi) is 7.16. The normalized spacial score (nSPS) is 10.6. The van der Waals surface area contributed by atoms with Crippen molar-refractivity contribution in [2.24, 2.45) is 0 Å². The van der Waals surface area contributed by atoms with Crippen LogP contribution in [-0.4, -0.2) is 40.6 Å². The molecule has 0 saturated carbocycles. The molecule has 0 aliphatic carbocycles. The number of thioether (sulfide) groups is 1. The van der Waals surface area contributed by atoms with Gasteiger partial charge in [0.25, 0.3) is 0 Å². The number of hydrogen-bond acceptors (Lipinski definition) is 6. The predicted molar refractivity (Wildman–Crippen MR) is 118 cm³/mol. The summed E-state index contributed by atoms with van der Waals surface area (Å²) in [5.41, 5.74) is 1.53. The second kappa shape index (κ2) is 9.80. The van der Waals surface area contributed by atoms with Gasteiger partial charge in [0.15, 0.2) is 11.0 Å². The highest BCUT2D eigenvalue weighted by molar-refractivity contribution is 9.10. The Bertz CT molecular complexity index is 992. The second-order valence-corrected chi connectivity index (χ2v) is 7.82. The molecule has 0 saturated heterocycles. The molecule has 0 bridgehead atoms. The molecule has 152 valence electrons. The van der Waals surface area contributed by atoms with Gasteiger partial charge >= 0.3 is 0 Å². The molecule has 1 aromatic heterocycles. The van der Waals surface area contributed by atoms with Gasteiger partial charge in [0.2, 0.25) is 5.91 Å². The minimum atomic E-state index is -0.169.